The van der Waals surface area contributed by atoms with Gasteiger partial charge in [-0.1, -0.05) is 0 Å². The Hall–Kier alpha value is -2.01. The molecule has 19 heavy (non-hydrogen) atoms. The van der Waals surface area contributed by atoms with Crippen molar-refractivity contribution in [2.75, 3.05) is 14.2 Å². The third kappa shape index (κ3) is 2.42. The Morgan fingerprint density at radius 1 is 1.21 bits per heavy atom. The predicted molar refractivity (Wildman–Crippen MR) is 74.0 cm³/mol. The lowest BCUT2D eigenvalue weighted by atomic mass is 10.1. The lowest BCUT2D eigenvalue weighted by molar-refractivity contribution is 0.354. The first-order valence-corrected chi connectivity index (χ1v) is 6.11. The van der Waals surface area contributed by atoms with Crippen molar-refractivity contribution in [3.63, 3.8) is 0 Å². The fraction of sp³-hybridized carbons (Fsp3) is 0.357. The van der Waals surface area contributed by atoms with E-state index in [9.17, 15) is 0 Å². The van der Waals surface area contributed by atoms with Gasteiger partial charge in [0, 0.05) is 23.4 Å². The Kier molecular flexibility index (Phi) is 3.76. The molecule has 0 radical (unpaired) electrons. The number of hydrogen-bond acceptors (Lipinski definition) is 4. The minimum absolute atomic E-state index is 0.0334. The van der Waals surface area contributed by atoms with Gasteiger partial charge in [0.2, 0.25) is 0 Å². The minimum Gasteiger partial charge on any atom is -0.493 e. The van der Waals surface area contributed by atoms with Gasteiger partial charge in [-0.05, 0) is 26.0 Å². The van der Waals surface area contributed by atoms with Gasteiger partial charge in [0.05, 0.1) is 26.1 Å². The van der Waals surface area contributed by atoms with E-state index in [-0.39, 0.29) is 6.04 Å². The molecule has 0 saturated heterocycles. The van der Waals surface area contributed by atoms with E-state index < -0.39 is 0 Å². The molecule has 0 fully saturated rings. The molecular formula is C14H19N3O2. The van der Waals surface area contributed by atoms with Gasteiger partial charge in [-0.2, -0.15) is 5.10 Å². The Labute approximate surface area is 112 Å². The monoisotopic (exact) mass is 261 g/mol. The zero-order valence-corrected chi connectivity index (χ0v) is 11.7. The number of nitrogens with two attached hydrogens (primary N) is 1. The third-order valence-corrected chi connectivity index (χ3v) is 3.15. The van der Waals surface area contributed by atoms with Gasteiger partial charge in [0.15, 0.2) is 11.5 Å². The number of methoxy groups -OCH3 is 2. The first-order chi connectivity index (χ1) is 9.08. The zero-order valence-electron chi connectivity index (χ0n) is 11.7. The number of aromatic nitrogens is 2. The molecule has 0 amide bonds. The maximum absolute atomic E-state index is 5.91. The Morgan fingerprint density at radius 2 is 1.89 bits per heavy atom. The number of ether oxygens (including phenoxy) is 2. The summed E-state index contributed by atoms with van der Waals surface area (Å²) in [5.41, 5.74) is 8.89. The van der Waals surface area contributed by atoms with Crippen LogP contribution in [0.2, 0.25) is 0 Å². The normalized spacial score (nSPS) is 12.3. The maximum Gasteiger partial charge on any atom is 0.162 e. The highest BCUT2D eigenvalue weighted by molar-refractivity contribution is 5.49. The summed E-state index contributed by atoms with van der Waals surface area (Å²) in [6, 6.07) is 5.66. The lowest BCUT2D eigenvalue weighted by Crippen LogP contribution is -2.07. The van der Waals surface area contributed by atoms with E-state index in [1.54, 1.807) is 20.4 Å². The van der Waals surface area contributed by atoms with Crippen LogP contribution in [0, 0.1) is 6.92 Å². The third-order valence-electron chi connectivity index (χ3n) is 3.15. The first kappa shape index (κ1) is 13.4. The molecule has 1 aromatic heterocycles. The Balaban J connectivity index is 2.47. The largest absolute Gasteiger partial charge is 0.493 e. The van der Waals surface area contributed by atoms with Crippen molar-refractivity contribution in [3.8, 4) is 17.2 Å². The van der Waals surface area contributed by atoms with Crippen LogP contribution in [-0.2, 0) is 0 Å². The molecule has 1 unspecified atom stereocenters. The van der Waals surface area contributed by atoms with Crippen molar-refractivity contribution in [2.45, 2.75) is 19.9 Å². The Morgan fingerprint density at radius 3 is 2.42 bits per heavy atom. The van der Waals surface area contributed by atoms with Crippen LogP contribution < -0.4 is 15.2 Å². The van der Waals surface area contributed by atoms with E-state index >= 15 is 0 Å². The quantitative estimate of drug-likeness (QED) is 0.916. The van der Waals surface area contributed by atoms with Gasteiger partial charge in [-0.3, -0.25) is 0 Å². The van der Waals surface area contributed by atoms with Crippen LogP contribution in [0.1, 0.15) is 24.2 Å². The number of nitrogens with zero attached hydrogens (tertiary/aromatic N) is 2. The molecule has 1 aromatic carbocycles. The Bertz CT molecular complexity index is 576. The van der Waals surface area contributed by atoms with E-state index in [1.807, 2.05) is 36.7 Å². The van der Waals surface area contributed by atoms with Crippen molar-refractivity contribution in [1.82, 2.24) is 9.78 Å². The molecule has 1 heterocycles. The van der Waals surface area contributed by atoms with Crippen LogP contribution in [0.25, 0.3) is 5.69 Å². The van der Waals surface area contributed by atoms with Crippen LogP contribution in [0.3, 0.4) is 0 Å². The number of benzene rings is 1. The molecular weight excluding hydrogens is 242 g/mol. The van der Waals surface area contributed by atoms with Crippen molar-refractivity contribution in [2.24, 2.45) is 5.73 Å². The van der Waals surface area contributed by atoms with Gasteiger partial charge in [-0.15, -0.1) is 0 Å². The second kappa shape index (κ2) is 5.32. The highest BCUT2D eigenvalue weighted by atomic mass is 16.5. The molecule has 2 N–H and O–H groups in total. The summed E-state index contributed by atoms with van der Waals surface area (Å²) in [5.74, 6) is 1.38. The van der Waals surface area contributed by atoms with E-state index in [1.165, 1.54) is 0 Å². The predicted octanol–water partition coefficient (Wildman–Crippen LogP) is 2.22. The average Bonchev–Trinajstić information content (AvgIpc) is 2.80. The van der Waals surface area contributed by atoms with Gasteiger partial charge in [-0.25, -0.2) is 4.68 Å². The van der Waals surface area contributed by atoms with Gasteiger partial charge in [0.25, 0.3) is 0 Å². The summed E-state index contributed by atoms with van der Waals surface area (Å²) in [4.78, 5) is 0. The summed E-state index contributed by atoms with van der Waals surface area (Å²) in [7, 11) is 3.23. The smallest absolute Gasteiger partial charge is 0.162 e. The van der Waals surface area contributed by atoms with Crippen LogP contribution in [-0.4, -0.2) is 24.0 Å². The SMILES string of the molecule is COc1ccc(-n2ncc(C(C)N)c2C)cc1OC. The molecule has 0 spiro atoms. The maximum atomic E-state index is 5.91. The fourth-order valence-electron chi connectivity index (χ4n) is 2.09. The highest BCUT2D eigenvalue weighted by Crippen LogP contribution is 2.30. The van der Waals surface area contributed by atoms with Crippen LogP contribution in [0.5, 0.6) is 11.5 Å². The van der Waals surface area contributed by atoms with Crippen molar-refractivity contribution < 1.29 is 9.47 Å². The fourth-order valence-corrected chi connectivity index (χ4v) is 2.09. The topological polar surface area (TPSA) is 62.3 Å². The summed E-state index contributed by atoms with van der Waals surface area (Å²) in [5, 5.41) is 4.38. The van der Waals surface area contributed by atoms with E-state index in [0.29, 0.717) is 11.5 Å². The van der Waals surface area contributed by atoms with Crippen LogP contribution >= 0.6 is 0 Å². The lowest BCUT2D eigenvalue weighted by Gasteiger charge is -2.11. The molecule has 0 aliphatic rings. The summed E-state index contributed by atoms with van der Waals surface area (Å²) >= 11 is 0. The van der Waals surface area contributed by atoms with Gasteiger partial charge >= 0.3 is 0 Å². The van der Waals surface area contributed by atoms with Crippen LogP contribution in [0.4, 0.5) is 0 Å². The molecule has 0 aliphatic carbocycles. The molecule has 0 saturated carbocycles. The van der Waals surface area contributed by atoms with Gasteiger partial charge in [0.1, 0.15) is 0 Å². The second-order valence-electron chi connectivity index (χ2n) is 4.43. The molecule has 2 rings (SSSR count). The minimum atomic E-state index is -0.0334. The first-order valence-electron chi connectivity index (χ1n) is 6.11. The standard InChI is InChI=1S/C14H19N3O2/c1-9(15)12-8-16-17(10(12)2)11-5-6-13(18-3)14(7-11)19-4/h5-9H,15H2,1-4H3. The molecule has 2 aromatic rings. The van der Waals surface area contributed by atoms with E-state index in [4.69, 9.17) is 15.2 Å². The molecule has 0 aliphatic heterocycles. The molecule has 5 heteroatoms. The summed E-state index contributed by atoms with van der Waals surface area (Å²) in [6.45, 7) is 3.95. The summed E-state index contributed by atoms with van der Waals surface area (Å²) in [6.07, 6.45) is 1.80. The van der Waals surface area contributed by atoms with E-state index in [2.05, 4.69) is 5.10 Å². The summed E-state index contributed by atoms with van der Waals surface area (Å²) < 4.78 is 12.4. The van der Waals surface area contributed by atoms with Crippen molar-refractivity contribution in [1.29, 1.82) is 0 Å². The number of hydrogen-bond donors (Lipinski definition) is 1. The molecule has 5 nitrogen and oxygen atoms in total. The van der Waals surface area contributed by atoms with Crippen molar-refractivity contribution >= 4 is 0 Å². The number of rotatable bonds is 4. The second-order valence-corrected chi connectivity index (χ2v) is 4.43. The highest BCUT2D eigenvalue weighted by Gasteiger charge is 2.13. The molecule has 102 valence electrons. The molecule has 0 bridgehead atoms. The van der Waals surface area contributed by atoms with Crippen molar-refractivity contribution in [3.05, 3.63) is 35.7 Å². The zero-order chi connectivity index (χ0) is 14.0. The molecule has 1 atom stereocenters. The average molecular weight is 261 g/mol. The van der Waals surface area contributed by atoms with E-state index in [0.717, 1.165) is 16.9 Å². The van der Waals surface area contributed by atoms with Crippen LogP contribution in [0.15, 0.2) is 24.4 Å². The van der Waals surface area contributed by atoms with Gasteiger partial charge < -0.3 is 15.2 Å².